The third-order valence-corrected chi connectivity index (χ3v) is 3.62. The molecule has 2 aromatic rings. The SMILES string of the molecule is CCc1ccc(OC)c(-c2nc(Br)c(C#N)n2C)c1. The maximum atomic E-state index is 9.11. The summed E-state index contributed by atoms with van der Waals surface area (Å²) in [5.41, 5.74) is 2.60. The second kappa shape index (κ2) is 5.45. The molecule has 1 aromatic carbocycles. The van der Waals surface area contributed by atoms with Crippen LogP contribution in [0.1, 0.15) is 18.2 Å². The topological polar surface area (TPSA) is 50.8 Å². The molecule has 0 spiro atoms. The smallest absolute Gasteiger partial charge is 0.154 e. The van der Waals surface area contributed by atoms with Crippen LogP contribution in [0.4, 0.5) is 0 Å². The molecule has 0 saturated heterocycles. The second-order valence-electron chi connectivity index (χ2n) is 4.13. The van der Waals surface area contributed by atoms with E-state index in [1.54, 1.807) is 11.7 Å². The lowest BCUT2D eigenvalue weighted by Crippen LogP contribution is -1.98. The number of aryl methyl sites for hydroxylation is 1. The van der Waals surface area contributed by atoms with Crippen molar-refractivity contribution in [2.24, 2.45) is 7.05 Å². The summed E-state index contributed by atoms with van der Waals surface area (Å²) in [6, 6.07) is 8.15. The van der Waals surface area contributed by atoms with Crippen LogP contribution in [0.5, 0.6) is 5.75 Å². The van der Waals surface area contributed by atoms with E-state index in [4.69, 9.17) is 10.00 Å². The molecule has 19 heavy (non-hydrogen) atoms. The van der Waals surface area contributed by atoms with Gasteiger partial charge in [-0.1, -0.05) is 13.0 Å². The first-order valence-electron chi connectivity index (χ1n) is 5.92. The Labute approximate surface area is 120 Å². The van der Waals surface area contributed by atoms with Gasteiger partial charge in [0.05, 0.1) is 12.7 Å². The average Bonchev–Trinajstić information content (AvgIpc) is 2.72. The Morgan fingerprint density at radius 2 is 2.21 bits per heavy atom. The summed E-state index contributed by atoms with van der Waals surface area (Å²) in [7, 11) is 3.46. The molecule has 0 bridgehead atoms. The third kappa shape index (κ3) is 2.36. The molecule has 2 rings (SSSR count). The normalized spacial score (nSPS) is 10.3. The maximum absolute atomic E-state index is 9.11. The van der Waals surface area contributed by atoms with Gasteiger partial charge < -0.3 is 9.30 Å². The van der Waals surface area contributed by atoms with E-state index in [1.807, 2.05) is 19.2 Å². The van der Waals surface area contributed by atoms with Crippen molar-refractivity contribution in [3.05, 3.63) is 34.1 Å². The fourth-order valence-corrected chi connectivity index (χ4v) is 2.50. The van der Waals surface area contributed by atoms with Crippen LogP contribution in [0.2, 0.25) is 0 Å². The Kier molecular flexibility index (Phi) is 3.91. The van der Waals surface area contributed by atoms with Gasteiger partial charge in [0, 0.05) is 7.05 Å². The van der Waals surface area contributed by atoms with E-state index >= 15 is 0 Å². The highest BCUT2D eigenvalue weighted by atomic mass is 79.9. The number of imidazole rings is 1. The number of benzene rings is 1. The largest absolute Gasteiger partial charge is 0.496 e. The van der Waals surface area contributed by atoms with Crippen molar-refractivity contribution in [3.63, 3.8) is 0 Å². The van der Waals surface area contributed by atoms with E-state index in [0.29, 0.717) is 10.3 Å². The van der Waals surface area contributed by atoms with Gasteiger partial charge in [-0.15, -0.1) is 0 Å². The molecule has 0 amide bonds. The zero-order chi connectivity index (χ0) is 14.0. The first kappa shape index (κ1) is 13.6. The molecule has 5 heteroatoms. The number of aromatic nitrogens is 2. The van der Waals surface area contributed by atoms with Crippen LogP contribution in [0, 0.1) is 11.3 Å². The van der Waals surface area contributed by atoms with Crippen LogP contribution < -0.4 is 4.74 Å². The molecule has 98 valence electrons. The minimum absolute atomic E-state index is 0.499. The molecule has 0 N–H and O–H groups in total. The molecule has 0 aliphatic rings. The number of methoxy groups -OCH3 is 1. The van der Waals surface area contributed by atoms with Crippen LogP contribution in [0.3, 0.4) is 0 Å². The number of nitrogens with zero attached hydrogens (tertiary/aromatic N) is 3. The molecule has 0 radical (unpaired) electrons. The van der Waals surface area contributed by atoms with Crippen molar-refractivity contribution in [2.45, 2.75) is 13.3 Å². The number of rotatable bonds is 3. The van der Waals surface area contributed by atoms with Crippen LogP contribution in [0.15, 0.2) is 22.8 Å². The highest BCUT2D eigenvalue weighted by Crippen LogP contribution is 2.32. The molecule has 0 aliphatic carbocycles. The summed E-state index contributed by atoms with van der Waals surface area (Å²) in [6.07, 6.45) is 0.938. The van der Waals surface area contributed by atoms with Crippen molar-refractivity contribution in [3.8, 4) is 23.2 Å². The molecule has 0 fully saturated rings. The predicted octanol–water partition coefficient (Wildman–Crippen LogP) is 3.29. The van der Waals surface area contributed by atoms with Crippen LogP contribution in [-0.4, -0.2) is 16.7 Å². The van der Waals surface area contributed by atoms with Crippen molar-refractivity contribution in [2.75, 3.05) is 7.11 Å². The van der Waals surface area contributed by atoms with Gasteiger partial charge in [-0.05, 0) is 40.0 Å². The van der Waals surface area contributed by atoms with Crippen molar-refractivity contribution >= 4 is 15.9 Å². The van der Waals surface area contributed by atoms with Crippen molar-refractivity contribution in [1.82, 2.24) is 9.55 Å². The molecule has 4 nitrogen and oxygen atoms in total. The molecule has 1 aromatic heterocycles. The quantitative estimate of drug-likeness (QED) is 0.872. The maximum Gasteiger partial charge on any atom is 0.154 e. The van der Waals surface area contributed by atoms with Crippen molar-refractivity contribution < 1.29 is 4.74 Å². The standard InChI is InChI=1S/C14H14BrN3O/c1-4-9-5-6-12(19-3)10(7-9)14-17-13(15)11(8-16)18(14)2/h5-7H,4H2,1-3H3. The third-order valence-electron chi connectivity index (χ3n) is 3.07. The average molecular weight is 320 g/mol. The van der Waals surface area contributed by atoms with Gasteiger partial charge >= 0.3 is 0 Å². The molecule has 0 unspecified atom stereocenters. The summed E-state index contributed by atoms with van der Waals surface area (Å²) in [6.45, 7) is 2.10. The summed E-state index contributed by atoms with van der Waals surface area (Å²) < 4.78 is 7.70. The van der Waals surface area contributed by atoms with E-state index < -0.39 is 0 Å². The first-order chi connectivity index (χ1) is 9.12. The number of nitriles is 1. The summed E-state index contributed by atoms with van der Waals surface area (Å²) in [5.74, 6) is 1.47. The zero-order valence-electron chi connectivity index (χ0n) is 11.1. The van der Waals surface area contributed by atoms with Gasteiger partial charge in [-0.2, -0.15) is 5.26 Å². The Balaban J connectivity index is 2.67. The fourth-order valence-electron chi connectivity index (χ4n) is 1.98. The minimum Gasteiger partial charge on any atom is -0.496 e. The van der Waals surface area contributed by atoms with Gasteiger partial charge in [0.25, 0.3) is 0 Å². The summed E-state index contributed by atoms with van der Waals surface area (Å²) >= 11 is 3.31. The molecular weight excluding hydrogens is 306 g/mol. The number of hydrogen-bond acceptors (Lipinski definition) is 3. The first-order valence-corrected chi connectivity index (χ1v) is 6.71. The minimum atomic E-state index is 0.499. The molecule has 1 heterocycles. The molecule has 0 atom stereocenters. The highest BCUT2D eigenvalue weighted by Gasteiger charge is 2.17. The Hall–Kier alpha value is -1.80. The van der Waals surface area contributed by atoms with E-state index in [2.05, 4.69) is 40.0 Å². The van der Waals surface area contributed by atoms with Crippen LogP contribution in [0.25, 0.3) is 11.4 Å². The Morgan fingerprint density at radius 1 is 1.47 bits per heavy atom. The van der Waals surface area contributed by atoms with E-state index in [0.717, 1.165) is 23.6 Å². The number of ether oxygens (including phenoxy) is 1. The fraction of sp³-hybridized carbons (Fsp3) is 0.286. The lowest BCUT2D eigenvalue weighted by atomic mass is 10.1. The highest BCUT2D eigenvalue weighted by molar-refractivity contribution is 9.10. The van der Waals surface area contributed by atoms with E-state index in [-0.39, 0.29) is 0 Å². The lowest BCUT2D eigenvalue weighted by Gasteiger charge is -2.10. The Morgan fingerprint density at radius 3 is 2.74 bits per heavy atom. The van der Waals surface area contributed by atoms with E-state index in [9.17, 15) is 0 Å². The van der Waals surface area contributed by atoms with Gasteiger partial charge in [-0.25, -0.2) is 4.98 Å². The van der Waals surface area contributed by atoms with Crippen LogP contribution in [-0.2, 0) is 13.5 Å². The summed E-state index contributed by atoms with van der Waals surface area (Å²) in [4.78, 5) is 4.41. The molecular formula is C14H14BrN3O. The second-order valence-corrected chi connectivity index (χ2v) is 4.88. The van der Waals surface area contributed by atoms with E-state index in [1.165, 1.54) is 5.56 Å². The van der Waals surface area contributed by atoms with Gasteiger partial charge in [0.15, 0.2) is 5.69 Å². The van der Waals surface area contributed by atoms with Crippen molar-refractivity contribution in [1.29, 1.82) is 5.26 Å². The molecule has 0 aliphatic heterocycles. The molecule has 0 saturated carbocycles. The Bertz CT molecular complexity index is 655. The van der Waals surface area contributed by atoms with Crippen LogP contribution >= 0.6 is 15.9 Å². The monoisotopic (exact) mass is 319 g/mol. The van der Waals surface area contributed by atoms with Gasteiger partial charge in [0.2, 0.25) is 0 Å². The number of hydrogen-bond donors (Lipinski definition) is 0. The van der Waals surface area contributed by atoms with Gasteiger partial charge in [-0.3, -0.25) is 0 Å². The zero-order valence-corrected chi connectivity index (χ0v) is 12.7. The predicted molar refractivity (Wildman–Crippen MR) is 77.0 cm³/mol. The lowest BCUT2D eigenvalue weighted by molar-refractivity contribution is 0.416. The summed E-state index contributed by atoms with van der Waals surface area (Å²) in [5, 5.41) is 9.11. The van der Waals surface area contributed by atoms with Gasteiger partial charge in [0.1, 0.15) is 22.2 Å². The number of halogens is 1.